The van der Waals surface area contributed by atoms with Crippen molar-refractivity contribution in [3.05, 3.63) is 0 Å². The Morgan fingerprint density at radius 2 is 2.06 bits per heavy atom. The molecule has 0 heterocycles. The largest absolute Gasteiger partial charge is 0.444 e. The molecular formula is C12H23N3O2. The topological polar surface area (TPSA) is 74.2 Å². The molecule has 0 aromatic heterocycles. The molecule has 2 atom stereocenters. The first-order chi connectivity index (χ1) is 7.80. The first kappa shape index (κ1) is 15.7. The van der Waals surface area contributed by atoms with Crippen LogP contribution in [0.5, 0.6) is 0 Å². The van der Waals surface area contributed by atoms with Crippen molar-refractivity contribution in [3.8, 4) is 6.07 Å². The zero-order valence-corrected chi connectivity index (χ0v) is 11.3. The number of nitriles is 1. The van der Waals surface area contributed by atoms with Crippen LogP contribution in [-0.2, 0) is 4.74 Å². The van der Waals surface area contributed by atoms with Crippen molar-refractivity contribution in [2.24, 2.45) is 0 Å². The van der Waals surface area contributed by atoms with Crippen LogP contribution in [0.1, 0.15) is 41.0 Å². The summed E-state index contributed by atoms with van der Waals surface area (Å²) in [7, 11) is 0. The van der Waals surface area contributed by atoms with Gasteiger partial charge in [-0.3, -0.25) is 0 Å². The zero-order chi connectivity index (χ0) is 13.5. The molecule has 98 valence electrons. The molecular weight excluding hydrogens is 218 g/mol. The minimum atomic E-state index is -0.525. The summed E-state index contributed by atoms with van der Waals surface area (Å²) in [6.07, 6.45) is 0.445. The Bertz CT molecular complexity index is 278. The minimum absolute atomic E-state index is 0.290. The fourth-order valence-electron chi connectivity index (χ4n) is 1.21. The summed E-state index contributed by atoms with van der Waals surface area (Å²) in [5.41, 5.74) is -0.525. The van der Waals surface area contributed by atoms with E-state index in [1.54, 1.807) is 27.7 Å². The van der Waals surface area contributed by atoms with Crippen molar-refractivity contribution in [1.82, 2.24) is 10.6 Å². The highest BCUT2D eigenvalue weighted by molar-refractivity contribution is 5.68. The number of hydrogen-bond donors (Lipinski definition) is 2. The molecule has 0 rings (SSSR count). The van der Waals surface area contributed by atoms with Gasteiger partial charge in [-0.15, -0.1) is 0 Å². The third-order valence-electron chi connectivity index (χ3n) is 2.00. The van der Waals surface area contributed by atoms with Gasteiger partial charge in [0, 0.05) is 0 Å². The van der Waals surface area contributed by atoms with E-state index in [4.69, 9.17) is 10.00 Å². The summed E-state index contributed by atoms with van der Waals surface area (Å²) < 4.78 is 5.12. The average molecular weight is 241 g/mol. The number of amides is 1. The number of rotatable bonds is 5. The summed E-state index contributed by atoms with van der Waals surface area (Å²) in [6, 6.07) is 1.43. The maximum Gasteiger partial charge on any atom is 0.407 e. The Labute approximate surface area is 104 Å². The molecule has 0 bridgehead atoms. The van der Waals surface area contributed by atoms with E-state index in [0.29, 0.717) is 0 Å². The van der Waals surface area contributed by atoms with Crippen LogP contribution in [0, 0.1) is 11.3 Å². The third-order valence-corrected chi connectivity index (χ3v) is 2.00. The van der Waals surface area contributed by atoms with Gasteiger partial charge in [-0.1, -0.05) is 6.92 Å². The zero-order valence-electron chi connectivity index (χ0n) is 11.3. The third kappa shape index (κ3) is 7.58. The molecule has 5 nitrogen and oxygen atoms in total. The van der Waals surface area contributed by atoms with Crippen LogP contribution >= 0.6 is 0 Å². The molecule has 2 N–H and O–H groups in total. The highest BCUT2D eigenvalue weighted by atomic mass is 16.6. The van der Waals surface area contributed by atoms with Gasteiger partial charge in [0.2, 0.25) is 0 Å². The van der Waals surface area contributed by atoms with Crippen LogP contribution in [0.3, 0.4) is 0 Å². The van der Waals surface area contributed by atoms with E-state index in [9.17, 15) is 4.79 Å². The first-order valence-electron chi connectivity index (χ1n) is 5.92. The summed E-state index contributed by atoms with van der Waals surface area (Å²) in [6.45, 7) is 9.95. The van der Waals surface area contributed by atoms with E-state index in [0.717, 1.165) is 13.0 Å². The lowest BCUT2D eigenvalue weighted by Crippen LogP contribution is -2.49. The fraction of sp³-hybridized carbons (Fsp3) is 0.833. The van der Waals surface area contributed by atoms with Crippen molar-refractivity contribution in [2.75, 3.05) is 6.54 Å². The van der Waals surface area contributed by atoms with Crippen LogP contribution in [0.2, 0.25) is 0 Å². The molecule has 5 heteroatoms. The molecule has 17 heavy (non-hydrogen) atoms. The van der Waals surface area contributed by atoms with E-state index in [-0.39, 0.29) is 6.04 Å². The molecule has 0 aliphatic rings. The summed E-state index contributed by atoms with van der Waals surface area (Å²) in [4.78, 5) is 11.5. The Kier molecular flexibility index (Phi) is 6.59. The molecule has 1 amide bonds. The van der Waals surface area contributed by atoms with Crippen LogP contribution in [0.25, 0.3) is 0 Å². The Balaban J connectivity index is 4.18. The number of ether oxygens (including phenoxy) is 1. The van der Waals surface area contributed by atoms with E-state index < -0.39 is 17.7 Å². The van der Waals surface area contributed by atoms with Gasteiger partial charge in [0.1, 0.15) is 11.6 Å². The first-order valence-corrected chi connectivity index (χ1v) is 5.92. The molecule has 0 saturated carbocycles. The second kappa shape index (κ2) is 7.13. The van der Waals surface area contributed by atoms with Crippen molar-refractivity contribution >= 4 is 6.09 Å². The van der Waals surface area contributed by atoms with Gasteiger partial charge in [-0.05, 0) is 40.7 Å². The summed E-state index contributed by atoms with van der Waals surface area (Å²) in [5.74, 6) is 0. The number of hydrogen-bond acceptors (Lipinski definition) is 4. The number of alkyl carbamates (subject to hydrolysis) is 1. The fourth-order valence-corrected chi connectivity index (χ4v) is 1.21. The highest BCUT2D eigenvalue weighted by Crippen LogP contribution is 2.07. The molecule has 2 unspecified atom stereocenters. The predicted molar refractivity (Wildman–Crippen MR) is 66.5 cm³/mol. The molecule has 0 aromatic rings. The lowest BCUT2D eigenvalue weighted by Gasteiger charge is -2.24. The predicted octanol–water partition coefficient (Wildman–Crippen LogP) is 1.79. The molecule has 0 spiro atoms. The molecule has 0 fully saturated rings. The Morgan fingerprint density at radius 3 is 2.47 bits per heavy atom. The number of carbonyl (C=O) groups is 1. The lowest BCUT2D eigenvalue weighted by molar-refractivity contribution is 0.0503. The van der Waals surface area contributed by atoms with Crippen LogP contribution in [0.4, 0.5) is 4.79 Å². The van der Waals surface area contributed by atoms with Crippen LogP contribution in [0.15, 0.2) is 0 Å². The normalized spacial score (nSPS) is 14.6. The molecule has 0 aromatic carbocycles. The maximum absolute atomic E-state index is 11.5. The minimum Gasteiger partial charge on any atom is -0.444 e. The maximum atomic E-state index is 11.5. The van der Waals surface area contributed by atoms with E-state index in [1.807, 2.05) is 6.92 Å². The van der Waals surface area contributed by atoms with E-state index in [1.165, 1.54) is 0 Å². The van der Waals surface area contributed by atoms with Gasteiger partial charge in [-0.2, -0.15) is 5.26 Å². The second-order valence-corrected chi connectivity index (χ2v) is 5.00. The van der Waals surface area contributed by atoms with Gasteiger partial charge < -0.3 is 15.4 Å². The summed E-state index contributed by atoms with van der Waals surface area (Å²) >= 11 is 0. The smallest absolute Gasteiger partial charge is 0.407 e. The van der Waals surface area contributed by atoms with Crippen LogP contribution < -0.4 is 10.6 Å². The Morgan fingerprint density at radius 1 is 1.47 bits per heavy atom. The van der Waals surface area contributed by atoms with Gasteiger partial charge in [0.15, 0.2) is 0 Å². The van der Waals surface area contributed by atoms with Gasteiger partial charge in [0.05, 0.1) is 12.1 Å². The van der Waals surface area contributed by atoms with Gasteiger partial charge >= 0.3 is 6.09 Å². The monoisotopic (exact) mass is 241 g/mol. The number of carbonyl (C=O) groups excluding carboxylic acids is 1. The standard InChI is InChI=1S/C12H23N3O2/c1-6-7-14-10(8-13)9(2)15-11(16)17-12(3,4)5/h9-10,14H,6-7H2,1-5H3,(H,15,16). The van der Waals surface area contributed by atoms with Gasteiger partial charge in [0.25, 0.3) is 0 Å². The van der Waals surface area contributed by atoms with E-state index >= 15 is 0 Å². The van der Waals surface area contributed by atoms with Crippen molar-refractivity contribution < 1.29 is 9.53 Å². The van der Waals surface area contributed by atoms with Crippen molar-refractivity contribution in [1.29, 1.82) is 5.26 Å². The Hall–Kier alpha value is -1.28. The SMILES string of the molecule is CCCNC(C#N)C(C)NC(=O)OC(C)(C)C. The highest BCUT2D eigenvalue weighted by Gasteiger charge is 2.21. The molecule has 0 aliphatic heterocycles. The lowest BCUT2D eigenvalue weighted by atomic mass is 10.1. The number of nitrogens with one attached hydrogen (secondary N) is 2. The molecule has 0 aliphatic carbocycles. The molecule has 0 saturated heterocycles. The van der Waals surface area contributed by atoms with E-state index in [2.05, 4.69) is 16.7 Å². The van der Waals surface area contributed by atoms with Crippen LogP contribution in [-0.4, -0.2) is 30.3 Å². The van der Waals surface area contributed by atoms with Gasteiger partial charge in [-0.25, -0.2) is 4.79 Å². The molecule has 0 radical (unpaired) electrons. The van der Waals surface area contributed by atoms with Crippen molar-refractivity contribution in [2.45, 2.75) is 58.7 Å². The average Bonchev–Trinajstić information content (AvgIpc) is 2.15. The quantitative estimate of drug-likeness (QED) is 0.769. The second-order valence-electron chi connectivity index (χ2n) is 5.00. The van der Waals surface area contributed by atoms with Crippen molar-refractivity contribution in [3.63, 3.8) is 0 Å². The summed E-state index contributed by atoms with van der Waals surface area (Å²) in [5, 5.41) is 14.7. The number of nitrogens with zero attached hydrogens (tertiary/aromatic N) is 1.